The largest absolute Gasteiger partial charge is 0.478 e. The molecule has 1 fully saturated rings. The van der Waals surface area contributed by atoms with Crippen molar-refractivity contribution in [2.75, 3.05) is 5.32 Å². The lowest BCUT2D eigenvalue weighted by atomic mass is 10.1. The number of aromatic carboxylic acids is 1. The van der Waals surface area contributed by atoms with Gasteiger partial charge in [-0.2, -0.15) is 5.26 Å². The smallest absolute Gasteiger partial charge is 0.338 e. The number of nitriles is 1. The van der Waals surface area contributed by atoms with Gasteiger partial charge in [-0.1, -0.05) is 0 Å². The second kappa shape index (κ2) is 5.71. The number of nitrogens with one attached hydrogen (secondary N) is 2. The fourth-order valence-corrected chi connectivity index (χ4v) is 2.94. The first-order valence-electron chi connectivity index (χ1n) is 5.89. The van der Waals surface area contributed by atoms with Crippen molar-refractivity contribution in [1.29, 1.82) is 5.26 Å². The summed E-state index contributed by atoms with van der Waals surface area (Å²) >= 11 is 1.15. The highest BCUT2D eigenvalue weighted by atomic mass is 32.1. The molecule has 7 heteroatoms. The summed E-state index contributed by atoms with van der Waals surface area (Å²) in [6, 6.07) is 3.00. The molecule has 1 aromatic rings. The lowest BCUT2D eigenvalue weighted by molar-refractivity contribution is 0.0698. The zero-order valence-electron chi connectivity index (χ0n) is 10.0. The summed E-state index contributed by atoms with van der Waals surface area (Å²) in [4.78, 5) is 22.7. The van der Waals surface area contributed by atoms with Crippen molar-refractivity contribution >= 4 is 28.3 Å². The quantitative estimate of drug-likeness (QED) is 0.789. The first kappa shape index (κ1) is 13.4. The van der Waals surface area contributed by atoms with Gasteiger partial charge in [0.25, 0.3) is 0 Å². The van der Waals surface area contributed by atoms with Crippen LogP contribution >= 0.6 is 11.3 Å². The fraction of sp³-hybridized carbons (Fsp3) is 0.417. The number of hydrogen-bond donors (Lipinski definition) is 3. The number of hydrogen-bond acceptors (Lipinski definition) is 4. The number of carboxylic acids is 1. The number of carbonyl (C=O) groups excluding carboxylic acids is 1. The van der Waals surface area contributed by atoms with E-state index in [2.05, 4.69) is 16.7 Å². The molecule has 2 unspecified atom stereocenters. The first-order valence-corrected chi connectivity index (χ1v) is 6.77. The molecule has 1 aliphatic carbocycles. The van der Waals surface area contributed by atoms with Gasteiger partial charge >= 0.3 is 12.0 Å². The van der Waals surface area contributed by atoms with Crippen LogP contribution in [-0.4, -0.2) is 23.1 Å². The van der Waals surface area contributed by atoms with Gasteiger partial charge in [-0.05, 0) is 30.7 Å². The second-order valence-electron chi connectivity index (χ2n) is 4.34. The van der Waals surface area contributed by atoms with Crippen molar-refractivity contribution in [3.8, 4) is 6.07 Å². The van der Waals surface area contributed by atoms with Crippen LogP contribution in [0.2, 0.25) is 0 Å². The molecule has 0 bridgehead atoms. The Bertz CT molecular complexity index is 535. The molecule has 1 saturated carbocycles. The molecule has 3 N–H and O–H groups in total. The highest BCUT2D eigenvalue weighted by Crippen LogP contribution is 2.26. The molecule has 6 nitrogen and oxygen atoms in total. The molecular weight excluding hydrogens is 266 g/mol. The van der Waals surface area contributed by atoms with E-state index in [1.54, 1.807) is 5.38 Å². The fourth-order valence-electron chi connectivity index (χ4n) is 2.17. The topological polar surface area (TPSA) is 102 Å². The van der Waals surface area contributed by atoms with Gasteiger partial charge in [0, 0.05) is 6.04 Å². The number of rotatable bonds is 3. The molecule has 0 saturated heterocycles. The number of carboxylic acid groups (broad SMARTS) is 1. The average molecular weight is 279 g/mol. The summed E-state index contributed by atoms with van der Waals surface area (Å²) < 4.78 is 0. The normalized spacial score (nSPS) is 21.6. The summed E-state index contributed by atoms with van der Waals surface area (Å²) in [5.74, 6) is -1.24. The third kappa shape index (κ3) is 3.03. The molecule has 1 aliphatic rings. The van der Waals surface area contributed by atoms with Crippen molar-refractivity contribution < 1.29 is 14.7 Å². The maximum Gasteiger partial charge on any atom is 0.338 e. The minimum atomic E-state index is -1.08. The van der Waals surface area contributed by atoms with Crippen molar-refractivity contribution in [2.45, 2.75) is 25.3 Å². The minimum Gasteiger partial charge on any atom is -0.478 e. The number of carbonyl (C=O) groups is 2. The van der Waals surface area contributed by atoms with E-state index < -0.39 is 12.0 Å². The highest BCUT2D eigenvalue weighted by molar-refractivity contribution is 7.14. The zero-order valence-corrected chi connectivity index (χ0v) is 10.9. The number of anilines is 1. The number of urea groups is 1. The number of nitrogens with zero attached hydrogens (tertiary/aromatic N) is 1. The standard InChI is InChI=1S/C12H13N3O3S/c13-6-7-2-1-3-9(7)14-12(18)15-10-8(11(16)17)4-5-19-10/h4-5,7,9H,1-3H2,(H,16,17)(H2,14,15,18). The summed E-state index contributed by atoms with van der Waals surface area (Å²) in [7, 11) is 0. The van der Waals surface area contributed by atoms with Crippen LogP contribution in [0, 0.1) is 17.2 Å². The van der Waals surface area contributed by atoms with E-state index in [1.165, 1.54) is 6.07 Å². The molecule has 0 aromatic carbocycles. The first-order chi connectivity index (χ1) is 9.11. The molecule has 100 valence electrons. The van der Waals surface area contributed by atoms with Crippen LogP contribution in [0.4, 0.5) is 9.80 Å². The van der Waals surface area contributed by atoms with E-state index in [-0.39, 0.29) is 17.5 Å². The average Bonchev–Trinajstić information content (AvgIpc) is 2.97. The Hall–Kier alpha value is -2.07. The van der Waals surface area contributed by atoms with Gasteiger partial charge in [0.05, 0.1) is 17.6 Å². The van der Waals surface area contributed by atoms with Crippen molar-refractivity contribution in [2.24, 2.45) is 5.92 Å². The summed E-state index contributed by atoms with van der Waals surface area (Å²) in [6.07, 6.45) is 2.49. The van der Waals surface area contributed by atoms with E-state index >= 15 is 0 Å². The third-order valence-corrected chi connectivity index (χ3v) is 3.95. The van der Waals surface area contributed by atoms with Crippen LogP contribution in [0.3, 0.4) is 0 Å². The Morgan fingerprint density at radius 2 is 2.26 bits per heavy atom. The van der Waals surface area contributed by atoms with Gasteiger partial charge in [-0.25, -0.2) is 9.59 Å². The summed E-state index contributed by atoms with van der Waals surface area (Å²) in [5.41, 5.74) is 0.0726. The number of thiophene rings is 1. The molecule has 2 rings (SSSR count). The highest BCUT2D eigenvalue weighted by Gasteiger charge is 2.28. The maximum absolute atomic E-state index is 11.8. The summed E-state index contributed by atoms with van der Waals surface area (Å²) in [5, 5.41) is 25.0. The van der Waals surface area contributed by atoms with Gasteiger partial charge in [0.2, 0.25) is 0 Å². The molecule has 2 atom stereocenters. The van der Waals surface area contributed by atoms with E-state index in [4.69, 9.17) is 10.4 Å². The molecule has 1 heterocycles. The predicted octanol–water partition coefficient (Wildman–Crippen LogP) is 2.26. The Labute approximate surface area is 114 Å². The zero-order chi connectivity index (χ0) is 13.8. The second-order valence-corrected chi connectivity index (χ2v) is 5.26. The molecule has 0 radical (unpaired) electrons. The van der Waals surface area contributed by atoms with Gasteiger partial charge < -0.3 is 10.4 Å². The van der Waals surface area contributed by atoms with E-state index in [0.717, 1.165) is 30.6 Å². The van der Waals surface area contributed by atoms with Crippen molar-refractivity contribution in [3.63, 3.8) is 0 Å². The Morgan fingerprint density at radius 1 is 1.47 bits per heavy atom. The van der Waals surface area contributed by atoms with E-state index in [9.17, 15) is 9.59 Å². The van der Waals surface area contributed by atoms with Gasteiger partial charge in [-0.3, -0.25) is 5.32 Å². The van der Waals surface area contributed by atoms with Crippen LogP contribution in [0.15, 0.2) is 11.4 Å². The molecule has 19 heavy (non-hydrogen) atoms. The maximum atomic E-state index is 11.8. The van der Waals surface area contributed by atoms with Crippen LogP contribution in [0.5, 0.6) is 0 Å². The van der Waals surface area contributed by atoms with E-state index in [1.807, 2.05) is 0 Å². The Morgan fingerprint density at radius 3 is 2.95 bits per heavy atom. The minimum absolute atomic E-state index is 0.0726. The van der Waals surface area contributed by atoms with Crippen LogP contribution in [0.25, 0.3) is 0 Å². The molecular formula is C12H13N3O3S. The molecule has 2 amide bonds. The van der Waals surface area contributed by atoms with Gasteiger partial charge in [0.1, 0.15) is 5.00 Å². The van der Waals surface area contributed by atoms with E-state index in [0.29, 0.717) is 5.00 Å². The lowest BCUT2D eigenvalue weighted by Gasteiger charge is -2.15. The predicted molar refractivity (Wildman–Crippen MR) is 70.2 cm³/mol. The molecule has 1 aromatic heterocycles. The Kier molecular flexibility index (Phi) is 4.02. The summed E-state index contributed by atoms with van der Waals surface area (Å²) in [6.45, 7) is 0. The monoisotopic (exact) mass is 279 g/mol. The Balaban J connectivity index is 1.96. The van der Waals surface area contributed by atoms with Gasteiger partial charge in [0.15, 0.2) is 0 Å². The number of amides is 2. The van der Waals surface area contributed by atoms with Crippen LogP contribution < -0.4 is 10.6 Å². The van der Waals surface area contributed by atoms with Crippen molar-refractivity contribution in [1.82, 2.24) is 5.32 Å². The SMILES string of the molecule is N#CC1CCCC1NC(=O)Nc1sccc1C(=O)O. The van der Waals surface area contributed by atoms with Crippen molar-refractivity contribution in [3.05, 3.63) is 17.0 Å². The van der Waals surface area contributed by atoms with Crippen LogP contribution in [-0.2, 0) is 0 Å². The van der Waals surface area contributed by atoms with Crippen LogP contribution in [0.1, 0.15) is 29.6 Å². The third-order valence-electron chi connectivity index (χ3n) is 3.12. The van der Waals surface area contributed by atoms with Gasteiger partial charge in [-0.15, -0.1) is 11.3 Å². The molecule has 0 spiro atoms. The molecule has 0 aliphatic heterocycles. The lowest BCUT2D eigenvalue weighted by Crippen LogP contribution is -2.39.